The van der Waals surface area contributed by atoms with E-state index >= 15 is 0 Å². The number of fused-ring (bicyclic) bond motifs is 1. The lowest BCUT2D eigenvalue weighted by Crippen LogP contribution is -2.27. The highest BCUT2D eigenvalue weighted by atomic mass is 32.2. The number of hydrogen-bond acceptors (Lipinski definition) is 7. The quantitative estimate of drug-likeness (QED) is 0.279. The molecule has 2 heterocycles. The number of benzene rings is 2. The number of methoxy groups -OCH3 is 1. The van der Waals surface area contributed by atoms with Gasteiger partial charge in [0.2, 0.25) is 0 Å². The Morgan fingerprint density at radius 3 is 2.62 bits per heavy atom. The van der Waals surface area contributed by atoms with E-state index in [2.05, 4.69) is 4.98 Å². The Labute approximate surface area is 229 Å². The first-order valence-corrected chi connectivity index (χ1v) is 13.1. The maximum absolute atomic E-state index is 14.5. The van der Waals surface area contributed by atoms with Gasteiger partial charge in [-0.15, -0.1) is 11.8 Å². The number of rotatable bonds is 10. The third-order valence-corrected chi connectivity index (χ3v) is 7.36. The zero-order valence-corrected chi connectivity index (χ0v) is 23.1. The summed E-state index contributed by atoms with van der Waals surface area (Å²) < 4.78 is 27.1. The molecular formula is C28H29FN4O5S. The Morgan fingerprint density at radius 2 is 1.95 bits per heavy atom. The van der Waals surface area contributed by atoms with Gasteiger partial charge in [-0.25, -0.2) is 14.4 Å². The second-order valence-electron chi connectivity index (χ2n) is 9.17. The third-order valence-electron chi connectivity index (χ3n) is 6.07. The van der Waals surface area contributed by atoms with Gasteiger partial charge in [0.15, 0.2) is 24.0 Å². The average molecular weight is 553 g/mol. The normalized spacial score (nSPS) is 11.8. The van der Waals surface area contributed by atoms with E-state index in [1.54, 1.807) is 39.2 Å². The number of carbonyl (C=O) groups is 2. The number of halogens is 1. The minimum atomic E-state index is -0.875. The minimum Gasteiger partial charge on any atom is -0.494 e. The van der Waals surface area contributed by atoms with E-state index in [0.717, 1.165) is 16.0 Å². The van der Waals surface area contributed by atoms with Crippen molar-refractivity contribution < 1.29 is 28.6 Å². The smallest absolute Gasteiger partial charge is 0.307 e. The molecule has 0 bridgehead atoms. The lowest BCUT2D eigenvalue weighted by molar-refractivity contribution is -0.140. The molecule has 11 heteroatoms. The number of thioether (sulfide) groups is 1. The van der Waals surface area contributed by atoms with Crippen molar-refractivity contribution in [3.05, 3.63) is 60.2 Å². The molecule has 39 heavy (non-hydrogen) atoms. The first-order chi connectivity index (χ1) is 18.6. The van der Waals surface area contributed by atoms with Crippen molar-refractivity contribution in [1.82, 2.24) is 19.4 Å². The fraction of sp³-hybridized carbons (Fsp3) is 0.286. The number of ether oxygens (including phenoxy) is 2. The number of aliphatic carboxylic acids is 1. The largest absolute Gasteiger partial charge is 0.494 e. The molecule has 9 nitrogen and oxygen atoms in total. The van der Waals surface area contributed by atoms with Crippen LogP contribution in [0.2, 0.25) is 0 Å². The van der Waals surface area contributed by atoms with Crippen LogP contribution in [0.15, 0.2) is 53.6 Å². The molecule has 1 amide bonds. The molecule has 1 N–H and O–H groups in total. The number of carbonyl (C=O) groups excluding carboxylic acids is 1. The zero-order valence-electron chi connectivity index (χ0n) is 22.3. The number of nitrogens with zero attached hydrogens (tertiary/aromatic N) is 4. The highest BCUT2D eigenvalue weighted by molar-refractivity contribution is 7.99. The summed E-state index contributed by atoms with van der Waals surface area (Å²) >= 11 is 1.41. The van der Waals surface area contributed by atoms with Gasteiger partial charge in [0.1, 0.15) is 11.4 Å². The maximum Gasteiger partial charge on any atom is 0.307 e. The molecule has 204 valence electrons. The van der Waals surface area contributed by atoms with Crippen LogP contribution in [0.5, 0.6) is 11.5 Å². The van der Waals surface area contributed by atoms with Crippen molar-refractivity contribution in [2.75, 3.05) is 33.6 Å². The van der Waals surface area contributed by atoms with Crippen LogP contribution >= 0.6 is 11.8 Å². The van der Waals surface area contributed by atoms with Gasteiger partial charge in [0.05, 0.1) is 29.8 Å². The summed E-state index contributed by atoms with van der Waals surface area (Å²) in [5, 5.41) is 10.1. The topological polar surface area (TPSA) is 107 Å². The summed E-state index contributed by atoms with van der Waals surface area (Å²) in [6.07, 6.45) is 1.88. The number of likely N-dealkylation sites (N-methyl/N-ethyl adjacent to an activating group) is 1. The second-order valence-corrected chi connectivity index (χ2v) is 10.2. The third kappa shape index (κ3) is 6.14. The summed E-state index contributed by atoms with van der Waals surface area (Å²) in [6.45, 7) is 3.39. The Balaban J connectivity index is 1.82. The van der Waals surface area contributed by atoms with Gasteiger partial charge in [-0.2, -0.15) is 0 Å². The van der Waals surface area contributed by atoms with E-state index < -0.39 is 17.7 Å². The van der Waals surface area contributed by atoms with E-state index in [1.807, 2.05) is 29.8 Å². The van der Waals surface area contributed by atoms with E-state index in [1.165, 1.54) is 35.9 Å². The van der Waals surface area contributed by atoms with Gasteiger partial charge in [0, 0.05) is 42.6 Å². The average Bonchev–Trinajstić information content (AvgIpc) is 3.29. The molecule has 0 aliphatic heterocycles. The molecule has 2 aromatic heterocycles. The molecule has 2 aromatic carbocycles. The molecule has 0 spiro atoms. The SMILES string of the molecule is COc1ccc(-c2nc(C)c3c(SCC(C)C(=O)O)cn(-c4cccc(OCC(=O)N(C)C)c4)c3n2)cc1F. The van der Waals surface area contributed by atoms with E-state index in [-0.39, 0.29) is 18.3 Å². The summed E-state index contributed by atoms with van der Waals surface area (Å²) in [7, 11) is 4.72. The second kappa shape index (κ2) is 11.7. The van der Waals surface area contributed by atoms with Gasteiger partial charge in [-0.3, -0.25) is 14.2 Å². The molecule has 1 atom stereocenters. The van der Waals surface area contributed by atoms with Gasteiger partial charge in [-0.05, 0) is 37.3 Å². The van der Waals surface area contributed by atoms with E-state index in [0.29, 0.717) is 34.2 Å². The standard InChI is InChI=1S/C28H29FN4O5S/c1-16(28(35)36)15-39-23-13-33(19-7-6-8-20(12-19)38-14-24(34)32(3)4)27-25(23)17(2)30-26(31-27)18-9-10-22(37-5)21(29)11-18/h6-13,16H,14-15H2,1-5H3,(H,35,36). The van der Waals surface area contributed by atoms with Crippen LogP contribution in [0.1, 0.15) is 12.6 Å². The summed E-state index contributed by atoms with van der Waals surface area (Å²) in [5.41, 5.74) is 2.44. The van der Waals surface area contributed by atoms with Crippen LogP contribution < -0.4 is 9.47 Å². The maximum atomic E-state index is 14.5. The Kier molecular flexibility index (Phi) is 8.39. The molecule has 0 saturated carbocycles. The molecule has 0 saturated heterocycles. The molecule has 0 aliphatic carbocycles. The lowest BCUT2D eigenvalue weighted by atomic mass is 10.2. The highest BCUT2D eigenvalue weighted by Crippen LogP contribution is 2.36. The minimum absolute atomic E-state index is 0.106. The molecular weight excluding hydrogens is 523 g/mol. The van der Waals surface area contributed by atoms with Crippen LogP contribution in [0, 0.1) is 18.7 Å². The van der Waals surface area contributed by atoms with Crippen LogP contribution in [0.3, 0.4) is 0 Å². The van der Waals surface area contributed by atoms with Gasteiger partial charge in [0.25, 0.3) is 5.91 Å². The van der Waals surface area contributed by atoms with Crippen LogP contribution in [0.25, 0.3) is 28.1 Å². The number of carboxylic acids is 1. The van der Waals surface area contributed by atoms with Crippen molar-refractivity contribution in [2.45, 2.75) is 18.7 Å². The van der Waals surface area contributed by atoms with Crippen LogP contribution in [-0.2, 0) is 9.59 Å². The van der Waals surface area contributed by atoms with Gasteiger partial charge < -0.3 is 19.5 Å². The Hall–Kier alpha value is -4.12. The molecule has 1 unspecified atom stereocenters. The Morgan fingerprint density at radius 1 is 1.18 bits per heavy atom. The summed E-state index contributed by atoms with van der Waals surface area (Å²) in [5.74, 6) is -0.810. The number of aromatic nitrogens is 3. The van der Waals surface area contributed by atoms with Crippen molar-refractivity contribution in [1.29, 1.82) is 0 Å². The monoisotopic (exact) mass is 552 g/mol. The zero-order chi connectivity index (χ0) is 28.3. The molecule has 0 aliphatic rings. The molecule has 4 rings (SSSR count). The van der Waals surface area contributed by atoms with Crippen LogP contribution in [0.4, 0.5) is 4.39 Å². The number of carboxylic acid groups (broad SMARTS) is 1. The lowest BCUT2D eigenvalue weighted by Gasteiger charge is -2.12. The number of hydrogen-bond donors (Lipinski definition) is 1. The fourth-order valence-electron chi connectivity index (χ4n) is 3.79. The first-order valence-electron chi connectivity index (χ1n) is 12.1. The van der Waals surface area contributed by atoms with Crippen molar-refractivity contribution in [2.24, 2.45) is 5.92 Å². The molecule has 0 fully saturated rings. The van der Waals surface area contributed by atoms with E-state index in [4.69, 9.17) is 14.5 Å². The summed E-state index contributed by atoms with van der Waals surface area (Å²) in [6, 6.07) is 11.8. The Bertz CT molecular complexity index is 1540. The van der Waals surface area contributed by atoms with Crippen molar-refractivity contribution >= 4 is 34.7 Å². The summed E-state index contributed by atoms with van der Waals surface area (Å²) in [4.78, 5) is 35.1. The molecule has 0 radical (unpaired) electrons. The predicted molar refractivity (Wildman–Crippen MR) is 147 cm³/mol. The van der Waals surface area contributed by atoms with Gasteiger partial charge in [-0.1, -0.05) is 13.0 Å². The first kappa shape index (κ1) is 27.9. The fourth-order valence-corrected chi connectivity index (χ4v) is 4.92. The predicted octanol–water partition coefficient (Wildman–Crippen LogP) is 4.82. The number of amides is 1. The van der Waals surface area contributed by atoms with E-state index in [9.17, 15) is 19.1 Å². The van der Waals surface area contributed by atoms with Gasteiger partial charge >= 0.3 is 5.97 Å². The number of aryl methyl sites for hydroxylation is 1. The molecule has 4 aromatic rings. The van der Waals surface area contributed by atoms with Crippen molar-refractivity contribution in [3.63, 3.8) is 0 Å². The van der Waals surface area contributed by atoms with Crippen molar-refractivity contribution in [3.8, 4) is 28.6 Å². The highest BCUT2D eigenvalue weighted by Gasteiger charge is 2.20. The van der Waals surface area contributed by atoms with Crippen LogP contribution in [-0.4, -0.2) is 70.0 Å².